The molecule has 0 atom stereocenters. The molecule has 0 bridgehead atoms. The van der Waals surface area contributed by atoms with Gasteiger partial charge in [0.05, 0.1) is 0 Å². The van der Waals surface area contributed by atoms with Crippen molar-refractivity contribution in [1.82, 2.24) is 5.32 Å². The van der Waals surface area contributed by atoms with Crippen LogP contribution < -0.4 is 5.32 Å². The topological polar surface area (TPSA) is 12.0 Å². The van der Waals surface area contributed by atoms with Crippen molar-refractivity contribution < 1.29 is 0 Å². The quantitative estimate of drug-likeness (QED) is 0.857. The van der Waals surface area contributed by atoms with Crippen molar-refractivity contribution >= 4 is 0 Å². The van der Waals surface area contributed by atoms with E-state index < -0.39 is 0 Å². The lowest BCUT2D eigenvalue weighted by atomic mass is 9.87. The van der Waals surface area contributed by atoms with Gasteiger partial charge >= 0.3 is 0 Å². The van der Waals surface area contributed by atoms with Crippen molar-refractivity contribution in [2.75, 3.05) is 13.1 Å². The Morgan fingerprint density at radius 1 is 1.00 bits per heavy atom. The molecular weight excluding hydrogens is 218 g/mol. The molecule has 2 aliphatic rings. The Morgan fingerprint density at radius 3 is 2.61 bits per heavy atom. The summed E-state index contributed by atoms with van der Waals surface area (Å²) in [6.07, 6.45) is 10.8. The highest BCUT2D eigenvalue weighted by atomic mass is 14.9. The minimum absolute atomic E-state index is 0.960. The standard InChI is InChI=1S/C17H25N/c1-2-4-17-13-15(7-8-16(17)3-1)6-5-14-9-11-18-12-10-14/h7-8,13-14,18H,1-6,9-12H2. The van der Waals surface area contributed by atoms with Crippen LogP contribution in [0.5, 0.6) is 0 Å². The summed E-state index contributed by atoms with van der Waals surface area (Å²) in [5, 5.41) is 3.45. The van der Waals surface area contributed by atoms with Gasteiger partial charge in [0, 0.05) is 0 Å². The molecule has 1 nitrogen and oxygen atoms in total. The largest absolute Gasteiger partial charge is 0.317 e. The third-order valence-corrected chi connectivity index (χ3v) is 4.71. The molecule has 1 fully saturated rings. The molecular formula is C17H25N. The molecule has 1 aliphatic carbocycles. The highest BCUT2D eigenvalue weighted by molar-refractivity contribution is 5.33. The van der Waals surface area contributed by atoms with Crippen molar-refractivity contribution in [1.29, 1.82) is 0 Å². The normalized spacial score (nSPS) is 20.7. The molecule has 1 saturated heterocycles. The van der Waals surface area contributed by atoms with Crippen LogP contribution in [0.1, 0.15) is 48.8 Å². The van der Waals surface area contributed by atoms with Crippen LogP contribution in [0.15, 0.2) is 18.2 Å². The van der Waals surface area contributed by atoms with Crippen molar-refractivity contribution in [2.45, 2.75) is 51.4 Å². The summed E-state index contributed by atoms with van der Waals surface area (Å²) < 4.78 is 0. The van der Waals surface area contributed by atoms with E-state index in [-0.39, 0.29) is 0 Å². The molecule has 0 aromatic heterocycles. The van der Waals surface area contributed by atoms with Crippen LogP contribution >= 0.6 is 0 Å². The summed E-state index contributed by atoms with van der Waals surface area (Å²) in [4.78, 5) is 0. The van der Waals surface area contributed by atoms with Gasteiger partial charge in [-0.1, -0.05) is 18.2 Å². The van der Waals surface area contributed by atoms with Crippen LogP contribution in [0, 0.1) is 5.92 Å². The summed E-state index contributed by atoms with van der Waals surface area (Å²) in [7, 11) is 0. The molecule has 0 amide bonds. The van der Waals surface area contributed by atoms with Gasteiger partial charge < -0.3 is 5.32 Å². The van der Waals surface area contributed by atoms with Crippen LogP contribution in [-0.2, 0) is 19.3 Å². The second kappa shape index (κ2) is 5.88. The third kappa shape index (κ3) is 2.95. The first kappa shape index (κ1) is 12.2. The minimum Gasteiger partial charge on any atom is -0.317 e. The van der Waals surface area contributed by atoms with Crippen molar-refractivity contribution in [2.24, 2.45) is 5.92 Å². The Bertz CT molecular complexity index is 391. The molecule has 1 heteroatoms. The SMILES string of the molecule is c1cc2c(cc1CCC1CCNCC1)CCCC2. The first-order chi connectivity index (χ1) is 8.92. The van der Waals surface area contributed by atoms with Gasteiger partial charge in [0.2, 0.25) is 0 Å². The van der Waals surface area contributed by atoms with Crippen LogP contribution in [0.25, 0.3) is 0 Å². The van der Waals surface area contributed by atoms with E-state index in [1.54, 1.807) is 16.7 Å². The summed E-state index contributed by atoms with van der Waals surface area (Å²) >= 11 is 0. The average molecular weight is 243 g/mol. The zero-order valence-corrected chi connectivity index (χ0v) is 11.4. The van der Waals surface area contributed by atoms with E-state index in [2.05, 4.69) is 23.5 Å². The number of rotatable bonds is 3. The Balaban J connectivity index is 1.58. The van der Waals surface area contributed by atoms with E-state index >= 15 is 0 Å². The Labute approximate surface area is 111 Å². The van der Waals surface area contributed by atoms with E-state index in [4.69, 9.17) is 0 Å². The second-order valence-electron chi connectivity index (χ2n) is 6.04. The fourth-order valence-electron chi connectivity index (χ4n) is 3.48. The number of nitrogens with one attached hydrogen (secondary N) is 1. The van der Waals surface area contributed by atoms with Gasteiger partial charge in [0.1, 0.15) is 0 Å². The average Bonchev–Trinajstić information content (AvgIpc) is 2.46. The Kier molecular flexibility index (Phi) is 3.99. The lowest BCUT2D eigenvalue weighted by molar-refractivity contribution is 0.354. The molecule has 1 aromatic carbocycles. The fraction of sp³-hybridized carbons (Fsp3) is 0.647. The van der Waals surface area contributed by atoms with Crippen molar-refractivity contribution in [3.8, 4) is 0 Å². The predicted octanol–water partition coefficient (Wildman–Crippen LogP) is 3.50. The minimum atomic E-state index is 0.960. The zero-order valence-electron chi connectivity index (χ0n) is 11.4. The van der Waals surface area contributed by atoms with Gasteiger partial charge in [-0.15, -0.1) is 0 Å². The van der Waals surface area contributed by atoms with Gasteiger partial charge in [-0.3, -0.25) is 0 Å². The molecule has 1 aliphatic heterocycles. The van der Waals surface area contributed by atoms with E-state index in [0.29, 0.717) is 0 Å². The molecule has 18 heavy (non-hydrogen) atoms. The van der Waals surface area contributed by atoms with Gasteiger partial charge in [-0.05, 0) is 87.1 Å². The maximum Gasteiger partial charge on any atom is -0.00463 e. The van der Waals surface area contributed by atoms with E-state index in [1.165, 1.54) is 64.5 Å². The third-order valence-electron chi connectivity index (χ3n) is 4.71. The molecule has 0 radical (unpaired) electrons. The Morgan fingerprint density at radius 2 is 1.78 bits per heavy atom. The van der Waals surface area contributed by atoms with E-state index in [9.17, 15) is 0 Å². The first-order valence-electron chi connectivity index (χ1n) is 7.73. The van der Waals surface area contributed by atoms with Crippen molar-refractivity contribution in [3.63, 3.8) is 0 Å². The summed E-state index contributed by atoms with van der Waals surface area (Å²) in [5.74, 6) is 0.960. The number of hydrogen-bond donors (Lipinski definition) is 1. The number of benzene rings is 1. The van der Waals surface area contributed by atoms with Crippen LogP contribution in [0.4, 0.5) is 0 Å². The molecule has 1 heterocycles. The van der Waals surface area contributed by atoms with E-state index in [0.717, 1.165) is 5.92 Å². The molecule has 0 unspecified atom stereocenters. The van der Waals surface area contributed by atoms with Crippen LogP contribution in [0.2, 0.25) is 0 Å². The fourth-order valence-corrected chi connectivity index (χ4v) is 3.48. The van der Waals surface area contributed by atoms with E-state index in [1.807, 2.05) is 0 Å². The van der Waals surface area contributed by atoms with Gasteiger partial charge in [0.15, 0.2) is 0 Å². The molecule has 0 saturated carbocycles. The van der Waals surface area contributed by atoms with Crippen molar-refractivity contribution in [3.05, 3.63) is 34.9 Å². The highest BCUT2D eigenvalue weighted by Gasteiger charge is 2.14. The number of hydrogen-bond acceptors (Lipinski definition) is 1. The summed E-state index contributed by atoms with van der Waals surface area (Å²) in [5.41, 5.74) is 4.84. The smallest absolute Gasteiger partial charge is 0.00463 e. The monoisotopic (exact) mass is 243 g/mol. The molecule has 1 N–H and O–H groups in total. The van der Waals surface area contributed by atoms with Gasteiger partial charge in [-0.2, -0.15) is 0 Å². The predicted molar refractivity (Wildman–Crippen MR) is 77.0 cm³/mol. The van der Waals surface area contributed by atoms with Crippen LogP contribution in [0.3, 0.4) is 0 Å². The number of aryl methyl sites for hydroxylation is 3. The second-order valence-corrected chi connectivity index (χ2v) is 6.04. The molecule has 98 valence electrons. The Hall–Kier alpha value is -0.820. The molecule has 3 rings (SSSR count). The highest BCUT2D eigenvalue weighted by Crippen LogP contribution is 2.24. The van der Waals surface area contributed by atoms with Gasteiger partial charge in [-0.25, -0.2) is 0 Å². The molecule has 1 aromatic rings. The number of fused-ring (bicyclic) bond motifs is 1. The lowest BCUT2D eigenvalue weighted by Crippen LogP contribution is -2.27. The zero-order chi connectivity index (χ0) is 12.2. The summed E-state index contributed by atoms with van der Waals surface area (Å²) in [6.45, 7) is 2.46. The molecule has 0 spiro atoms. The maximum absolute atomic E-state index is 3.45. The van der Waals surface area contributed by atoms with Crippen LogP contribution in [-0.4, -0.2) is 13.1 Å². The maximum atomic E-state index is 3.45. The lowest BCUT2D eigenvalue weighted by Gasteiger charge is -2.23. The number of piperidine rings is 1. The summed E-state index contributed by atoms with van der Waals surface area (Å²) in [6, 6.07) is 7.27. The first-order valence-corrected chi connectivity index (χ1v) is 7.73. The van der Waals surface area contributed by atoms with Gasteiger partial charge in [0.25, 0.3) is 0 Å².